The van der Waals surface area contributed by atoms with E-state index in [1.807, 2.05) is 20.8 Å². The summed E-state index contributed by atoms with van der Waals surface area (Å²) in [6.07, 6.45) is 1.74. The lowest BCUT2D eigenvalue weighted by molar-refractivity contribution is 0.508. The van der Waals surface area contributed by atoms with Crippen LogP contribution in [0.4, 0.5) is 17.2 Å². The first-order valence-electron chi connectivity index (χ1n) is 6.69. The van der Waals surface area contributed by atoms with Gasteiger partial charge in [-0.15, -0.1) is 0 Å². The van der Waals surface area contributed by atoms with Crippen LogP contribution < -0.4 is 22.3 Å². The fourth-order valence-electron chi connectivity index (χ4n) is 2.11. The molecule has 2 aromatic rings. The minimum absolute atomic E-state index is 0.126. The minimum atomic E-state index is -0.541. The molecule has 0 aliphatic rings. The summed E-state index contributed by atoms with van der Waals surface area (Å²) in [4.78, 5) is 26.1. The third-order valence-electron chi connectivity index (χ3n) is 3.06. The zero-order chi connectivity index (χ0) is 15.7. The molecule has 0 aromatic carbocycles. The third-order valence-corrected chi connectivity index (χ3v) is 3.06. The first kappa shape index (κ1) is 14.9. The topological polar surface area (TPSA) is 111 Å². The molecule has 0 aliphatic carbocycles. The van der Waals surface area contributed by atoms with E-state index in [4.69, 9.17) is 5.73 Å². The molecule has 21 heavy (non-hydrogen) atoms. The Labute approximate surface area is 121 Å². The minimum Gasteiger partial charge on any atom is -0.383 e. The molecule has 114 valence electrons. The van der Waals surface area contributed by atoms with E-state index in [2.05, 4.69) is 15.4 Å². The van der Waals surface area contributed by atoms with Gasteiger partial charge in [-0.1, -0.05) is 13.8 Å². The summed E-state index contributed by atoms with van der Waals surface area (Å²) >= 11 is 0. The first-order valence-corrected chi connectivity index (χ1v) is 6.69. The second-order valence-corrected chi connectivity index (χ2v) is 5.45. The molecule has 0 radical (unpaired) electrons. The molecule has 0 amide bonds. The molecule has 0 saturated heterocycles. The van der Waals surface area contributed by atoms with Crippen LogP contribution in [0.5, 0.6) is 0 Å². The number of nitrogen functional groups attached to an aromatic ring is 1. The molecule has 0 unspecified atom stereocenters. The number of nitrogens with two attached hydrogens (primary N) is 1. The number of anilines is 3. The smallest absolute Gasteiger partial charge is 0.330 e. The lowest BCUT2D eigenvalue weighted by Gasteiger charge is -2.15. The van der Waals surface area contributed by atoms with Crippen molar-refractivity contribution in [2.75, 3.05) is 11.1 Å². The van der Waals surface area contributed by atoms with Crippen LogP contribution in [0.3, 0.4) is 0 Å². The Balaban J connectivity index is 2.51. The summed E-state index contributed by atoms with van der Waals surface area (Å²) < 4.78 is 2.99. The van der Waals surface area contributed by atoms with Gasteiger partial charge < -0.3 is 11.1 Å². The highest BCUT2D eigenvalue weighted by molar-refractivity contribution is 5.69. The van der Waals surface area contributed by atoms with Crippen molar-refractivity contribution in [2.24, 2.45) is 13.0 Å². The van der Waals surface area contributed by atoms with Gasteiger partial charge in [0, 0.05) is 19.8 Å². The van der Waals surface area contributed by atoms with Gasteiger partial charge in [0.15, 0.2) is 0 Å². The highest BCUT2D eigenvalue weighted by Crippen LogP contribution is 2.20. The Bertz CT molecular complexity index is 768. The Morgan fingerprint density at radius 1 is 1.43 bits per heavy atom. The number of aromatic amines is 1. The molecule has 0 aliphatic heterocycles. The standard InChI is InChI=1S/C13H20N6O2/c1-7(2)5-19-11(14)10(12(20)16-13(19)21)15-9-6-18(4)17-8(9)3/h6-7,15H,5,14H2,1-4H3,(H,16,20,21). The maximum absolute atomic E-state index is 12.0. The Kier molecular flexibility index (Phi) is 3.88. The van der Waals surface area contributed by atoms with Crippen molar-refractivity contribution in [2.45, 2.75) is 27.3 Å². The molecule has 8 nitrogen and oxygen atoms in total. The Morgan fingerprint density at radius 3 is 2.62 bits per heavy atom. The van der Waals surface area contributed by atoms with Crippen LogP contribution in [0, 0.1) is 12.8 Å². The number of aromatic nitrogens is 4. The van der Waals surface area contributed by atoms with Crippen LogP contribution in [0.15, 0.2) is 15.8 Å². The zero-order valence-electron chi connectivity index (χ0n) is 12.6. The summed E-state index contributed by atoms with van der Waals surface area (Å²) in [7, 11) is 1.78. The van der Waals surface area contributed by atoms with Crippen molar-refractivity contribution in [1.29, 1.82) is 0 Å². The van der Waals surface area contributed by atoms with Gasteiger partial charge in [0.25, 0.3) is 5.56 Å². The summed E-state index contributed by atoms with van der Waals surface area (Å²) in [6, 6.07) is 0. The van der Waals surface area contributed by atoms with Crippen LogP contribution in [0.1, 0.15) is 19.5 Å². The van der Waals surface area contributed by atoms with Crippen LogP contribution in [-0.4, -0.2) is 19.3 Å². The average molecular weight is 292 g/mol. The summed E-state index contributed by atoms with van der Waals surface area (Å²) in [5.41, 5.74) is 6.51. The number of nitrogens with one attached hydrogen (secondary N) is 2. The van der Waals surface area contributed by atoms with Gasteiger partial charge in [0.1, 0.15) is 11.5 Å². The second kappa shape index (κ2) is 5.47. The number of rotatable bonds is 4. The highest BCUT2D eigenvalue weighted by Gasteiger charge is 2.15. The normalized spacial score (nSPS) is 11.1. The molecule has 2 aromatic heterocycles. The number of hydrogen-bond donors (Lipinski definition) is 3. The molecular formula is C13H20N6O2. The van der Waals surface area contributed by atoms with E-state index >= 15 is 0 Å². The monoisotopic (exact) mass is 292 g/mol. The first-order chi connectivity index (χ1) is 9.79. The third kappa shape index (κ3) is 2.99. The van der Waals surface area contributed by atoms with Crippen LogP contribution >= 0.6 is 0 Å². The molecule has 0 atom stereocenters. The predicted molar refractivity (Wildman–Crippen MR) is 81.8 cm³/mol. The molecule has 0 fully saturated rings. The van der Waals surface area contributed by atoms with E-state index in [-0.39, 0.29) is 17.4 Å². The van der Waals surface area contributed by atoms with Gasteiger partial charge in [-0.05, 0) is 12.8 Å². The molecule has 0 saturated carbocycles. The van der Waals surface area contributed by atoms with Crippen molar-refractivity contribution in [3.8, 4) is 0 Å². The number of H-pyrrole nitrogens is 1. The number of nitrogens with zero attached hydrogens (tertiary/aromatic N) is 3. The lowest BCUT2D eigenvalue weighted by atomic mass is 10.2. The zero-order valence-corrected chi connectivity index (χ0v) is 12.6. The Hall–Kier alpha value is -2.51. The maximum atomic E-state index is 12.0. The average Bonchev–Trinajstić information content (AvgIpc) is 2.68. The number of aryl methyl sites for hydroxylation is 2. The molecule has 2 heterocycles. The highest BCUT2D eigenvalue weighted by atomic mass is 16.2. The lowest BCUT2D eigenvalue weighted by Crippen LogP contribution is -2.34. The van der Waals surface area contributed by atoms with Crippen LogP contribution in [0.2, 0.25) is 0 Å². The van der Waals surface area contributed by atoms with E-state index in [0.717, 1.165) is 5.69 Å². The summed E-state index contributed by atoms with van der Waals surface area (Å²) in [6.45, 7) is 6.18. The van der Waals surface area contributed by atoms with Crippen LogP contribution in [0.25, 0.3) is 0 Å². The predicted octanol–water partition coefficient (Wildman–Crippen LogP) is 0.560. The molecule has 4 N–H and O–H groups in total. The van der Waals surface area contributed by atoms with Gasteiger partial charge in [-0.25, -0.2) is 4.79 Å². The van der Waals surface area contributed by atoms with Crippen molar-refractivity contribution < 1.29 is 0 Å². The van der Waals surface area contributed by atoms with Crippen LogP contribution in [-0.2, 0) is 13.6 Å². The largest absolute Gasteiger partial charge is 0.383 e. The van der Waals surface area contributed by atoms with Gasteiger partial charge in [0.05, 0.1) is 11.4 Å². The van der Waals surface area contributed by atoms with Crippen molar-refractivity contribution in [3.63, 3.8) is 0 Å². The fraction of sp³-hybridized carbons (Fsp3) is 0.462. The molecule has 0 spiro atoms. The van der Waals surface area contributed by atoms with Crippen molar-refractivity contribution in [1.82, 2.24) is 19.3 Å². The summed E-state index contributed by atoms with van der Waals surface area (Å²) in [5, 5.41) is 7.15. The van der Waals surface area contributed by atoms with Crippen molar-refractivity contribution in [3.05, 3.63) is 32.7 Å². The number of hydrogen-bond acceptors (Lipinski definition) is 5. The maximum Gasteiger partial charge on any atom is 0.330 e. The van der Waals surface area contributed by atoms with E-state index in [1.165, 1.54) is 4.57 Å². The Morgan fingerprint density at radius 2 is 2.10 bits per heavy atom. The molecule has 2 rings (SSSR count). The van der Waals surface area contributed by atoms with Gasteiger partial charge in [-0.3, -0.25) is 19.0 Å². The quantitative estimate of drug-likeness (QED) is 0.762. The van der Waals surface area contributed by atoms with E-state index < -0.39 is 11.2 Å². The van der Waals surface area contributed by atoms with E-state index in [1.54, 1.807) is 17.9 Å². The summed E-state index contributed by atoms with van der Waals surface area (Å²) in [5.74, 6) is 0.351. The van der Waals surface area contributed by atoms with Crippen molar-refractivity contribution >= 4 is 17.2 Å². The second-order valence-electron chi connectivity index (χ2n) is 5.45. The SMILES string of the molecule is Cc1nn(C)cc1Nc1c(N)n(CC(C)C)c(=O)[nH]c1=O. The van der Waals surface area contributed by atoms with Gasteiger partial charge in [0.2, 0.25) is 0 Å². The molecular weight excluding hydrogens is 272 g/mol. The van der Waals surface area contributed by atoms with E-state index in [9.17, 15) is 9.59 Å². The van der Waals surface area contributed by atoms with Gasteiger partial charge in [-0.2, -0.15) is 5.10 Å². The molecule has 8 heteroatoms. The fourth-order valence-corrected chi connectivity index (χ4v) is 2.11. The molecule has 0 bridgehead atoms. The van der Waals surface area contributed by atoms with Gasteiger partial charge >= 0.3 is 5.69 Å². The van der Waals surface area contributed by atoms with E-state index in [0.29, 0.717) is 12.2 Å².